The Labute approximate surface area is 108 Å². The molecule has 1 amide bonds. The molecule has 0 spiro atoms. The summed E-state index contributed by atoms with van der Waals surface area (Å²) in [5.41, 5.74) is 6.23. The summed E-state index contributed by atoms with van der Waals surface area (Å²) < 4.78 is 5.25. The summed E-state index contributed by atoms with van der Waals surface area (Å²) in [5.74, 6) is 0.659. The number of benzene rings is 1. The summed E-state index contributed by atoms with van der Waals surface area (Å²) in [5, 5.41) is 0. The molecule has 1 aromatic carbocycles. The topological polar surface area (TPSA) is 55.6 Å². The first-order chi connectivity index (χ1) is 8.77. The second kappa shape index (κ2) is 5.87. The first kappa shape index (κ1) is 12.9. The predicted molar refractivity (Wildman–Crippen MR) is 70.7 cm³/mol. The number of hydrogen-bond acceptors (Lipinski definition) is 3. The zero-order valence-electron chi connectivity index (χ0n) is 10.8. The molecule has 0 aliphatic heterocycles. The number of methoxy groups -OCH3 is 1. The van der Waals surface area contributed by atoms with Gasteiger partial charge in [-0.05, 0) is 31.4 Å². The Morgan fingerprint density at radius 1 is 1.44 bits per heavy atom. The van der Waals surface area contributed by atoms with Crippen LogP contribution in [0.15, 0.2) is 24.3 Å². The van der Waals surface area contributed by atoms with Gasteiger partial charge in [-0.3, -0.25) is 4.79 Å². The van der Waals surface area contributed by atoms with Crippen molar-refractivity contribution in [1.82, 2.24) is 4.90 Å². The van der Waals surface area contributed by atoms with Crippen molar-refractivity contribution in [2.45, 2.75) is 25.3 Å². The third-order valence-electron chi connectivity index (χ3n) is 3.48. The molecule has 0 atom stereocenters. The van der Waals surface area contributed by atoms with Crippen molar-refractivity contribution in [3.8, 4) is 5.75 Å². The fraction of sp³-hybridized carbons (Fsp3) is 0.500. The molecule has 2 N–H and O–H groups in total. The summed E-state index contributed by atoms with van der Waals surface area (Å²) in [7, 11) is 1.59. The van der Waals surface area contributed by atoms with E-state index in [0.29, 0.717) is 30.4 Å². The van der Waals surface area contributed by atoms with Crippen LogP contribution in [0.3, 0.4) is 0 Å². The van der Waals surface area contributed by atoms with Gasteiger partial charge in [0.1, 0.15) is 5.75 Å². The minimum absolute atomic E-state index is 0.0302. The maximum atomic E-state index is 12.5. The van der Waals surface area contributed by atoms with E-state index in [1.54, 1.807) is 7.11 Å². The number of para-hydroxylation sites is 1. The molecular weight excluding hydrogens is 228 g/mol. The van der Waals surface area contributed by atoms with Crippen molar-refractivity contribution >= 4 is 5.91 Å². The number of ether oxygens (including phenoxy) is 1. The van der Waals surface area contributed by atoms with E-state index in [9.17, 15) is 4.79 Å². The highest BCUT2D eigenvalue weighted by atomic mass is 16.5. The normalized spacial score (nSPS) is 15.0. The molecule has 4 nitrogen and oxygen atoms in total. The lowest BCUT2D eigenvalue weighted by Gasteiger charge is -2.37. The highest BCUT2D eigenvalue weighted by Crippen LogP contribution is 2.28. The van der Waals surface area contributed by atoms with Crippen LogP contribution in [0.5, 0.6) is 5.75 Å². The number of nitrogens with two attached hydrogens (primary N) is 1. The molecular formula is C14H20N2O2. The molecule has 18 heavy (non-hydrogen) atoms. The van der Waals surface area contributed by atoms with Gasteiger partial charge in [0.05, 0.1) is 12.7 Å². The van der Waals surface area contributed by atoms with Crippen molar-refractivity contribution in [1.29, 1.82) is 0 Å². The fourth-order valence-electron chi connectivity index (χ4n) is 2.26. The zero-order valence-corrected chi connectivity index (χ0v) is 10.8. The summed E-state index contributed by atoms with van der Waals surface area (Å²) >= 11 is 0. The van der Waals surface area contributed by atoms with Crippen molar-refractivity contribution in [3.63, 3.8) is 0 Å². The van der Waals surface area contributed by atoms with Crippen molar-refractivity contribution in [2.24, 2.45) is 5.73 Å². The van der Waals surface area contributed by atoms with E-state index in [2.05, 4.69) is 0 Å². The molecule has 0 aromatic heterocycles. The zero-order chi connectivity index (χ0) is 13.0. The molecule has 0 radical (unpaired) electrons. The average Bonchev–Trinajstić information content (AvgIpc) is 2.35. The highest BCUT2D eigenvalue weighted by Gasteiger charge is 2.29. The second-order valence-electron chi connectivity index (χ2n) is 4.57. The van der Waals surface area contributed by atoms with E-state index in [4.69, 9.17) is 10.5 Å². The van der Waals surface area contributed by atoms with Gasteiger partial charge in [0, 0.05) is 19.1 Å². The Bertz CT molecular complexity index is 416. The lowest BCUT2D eigenvalue weighted by Crippen LogP contribution is -2.46. The number of nitrogens with zero attached hydrogens (tertiary/aromatic N) is 1. The summed E-state index contributed by atoms with van der Waals surface area (Å²) in [6, 6.07) is 7.70. The van der Waals surface area contributed by atoms with Crippen LogP contribution in [0.4, 0.5) is 0 Å². The lowest BCUT2D eigenvalue weighted by atomic mass is 9.91. The smallest absolute Gasteiger partial charge is 0.257 e. The molecule has 98 valence electrons. The average molecular weight is 248 g/mol. The molecule has 1 saturated carbocycles. The second-order valence-corrected chi connectivity index (χ2v) is 4.57. The Hall–Kier alpha value is -1.55. The molecule has 0 heterocycles. The largest absolute Gasteiger partial charge is 0.496 e. The molecule has 0 bridgehead atoms. The van der Waals surface area contributed by atoms with Gasteiger partial charge in [0.2, 0.25) is 0 Å². The minimum atomic E-state index is 0.0302. The van der Waals surface area contributed by atoms with Crippen LogP contribution in [0.1, 0.15) is 29.6 Å². The number of carbonyl (C=O) groups excluding carboxylic acids is 1. The highest BCUT2D eigenvalue weighted by molar-refractivity contribution is 5.97. The van der Waals surface area contributed by atoms with Gasteiger partial charge < -0.3 is 15.4 Å². The van der Waals surface area contributed by atoms with Crippen LogP contribution in [0, 0.1) is 0 Å². The number of rotatable bonds is 5. The Morgan fingerprint density at radius 3 is 2.72 bits per heavy atom. The standard InChI is InChI=1S/C14H20N2O2/c1-18-13-8-3-2-7-12(13)14(17)16(10-9-15)11-5-4-6-11/h2-3,7-8,11H,4-6,9-10,15H2,1H3. The van der Waals surface area contributed by atoms with E-state index in [1.165, 1.54) is 6.42 Å². The molecule has 1 aliphatic carbocycles. The van der Waals surface area contributed by atoms with E-state index in [-0.39, 0.29) is 5.91 Å². The van der Waals surface area contributed by atoms with E-state index >= 15 is 0 Å². The first-order valence-corrected chi connectivity index (χ1v) is 6.42. The molecule has 1 fully saturated rings. The van der Waals surface area contributed by atoms with Crippen LogP contribution in [-0.2, 0) is 0 Å². The Kier molecular flexibility index (Phi) is 4.20. The number of amides is 1. The van der Waals surface area contributed by atoms with E-state index in [1.807, 2.05) is 29.2 Å². The first-order valence-electron chi connectivity index (χ1n) is 6.42. The van der Waals surface area contributed by atoms with Crippen LogP contribution in [0.2, 0.25) is 0 Å². The van der Waals surface area contributed by atoms with E-state index < -0.39 is 0 Å². The van der Waals surface area contributed by atoms with Crippen LogP contribution < -0.4 is 10.5 Å². The van der Waals surface area contributed by atoms with Crippen LogP contribution in [-0.4, -0.2) is 37.0 Å². The van der Waals surface area contributed by atoms with Gasteiger partial charge in [-0.2, -0.15) is 0 Å². The molecule has 1 aliphatic rings. The van der Waals surface area contributed by atoms with Gasteiger partial charge in [0.15, 0.2) is 0 Å². The third-order valence-corrected chi connectivity index (χ3v) is 3.48. The molecule has 2 rings (SSSR count). The lowest BCUT2D eigenvalue weighted by molar-refractivity contribution is 0.0585. The van der Waals surface area contributed by atoms with Gasteiger partial charge in [-0.1, -0.05) is 12.1 Å². The van der Waals surface area contributed by atoms with Crippen LogP contribution >= 0.6 is 0 Å². The van der Waals surface area contributed by atoms with Gasteiger partial charge in [-0.25, -0.2) is 0 Å². The molecule has 0 unspecified atom stereocenters. The summed E-state index contributed by atoms with van der Waals surface area (Å²) in [6.45, 7) is 1.11. The Morgan fingerprint density at radius 2 is 2.17 bits per heavy atom. The number of hydrogen-bond donors (Lipinski definition) is 1. The van der Waals surface area contributed by atoms with Crippen molar-refractivity contribution < 1.29 is 9.53 Å². The van der Waals surface area contributed by atoms with Crippen LogP contribution in [0.25, 0.3) is 0 Å². The molecule has 0 saturated heterocycles. The Balaban J connectivity index is 2.21. The molecule has 4 heteroatoms. The SMILES string of the molecule is COc1ccccc1C(=O)N(CCN)C1CCC1. The maximum absolute atomic E-state index is 12.5. The maximum Gasteiger partial charge on any atom is 0.257 e. The minimum Gasteiger partial charge on any atom is -0.496 e. The fourth-order valence-corrected chi connectivity index (χ4v) is 2.26. The van der Waals surface area contributed by atoms with Gasteiger partial charge in [0.25, 0.3) is 5.91 Å². The van der Waals surface area contributed by atoms with Crippen molar-refractivity contribution in [3.05, 3.63) is 29.8 Å². The van der Waals surface area contributed by atoms with Gasteiger partial charge >= 0.3 is 0 Å². The van der Waals surface area contributed by atoms with E-state index in [0.717, 1.165) is 12.8 Å². The van der Waals surface area contributed by atoms with Crippen molar-refractivity contribution in [2.75, 3.05) is 20.2 Å². The summed E-state index contributed by atoms with van der Waals surface area (Å²) in [4.78, 5) is 14.4. The molecule has 1 aromatic rings. The quantitative estimate of drug-likeness (QED) is 0.862. The summed E-state index contributed by atoms with van der Waals surface area (Å²) in [6.07, 6.45) is 3.37. The van der Waals surface area contributed by atoms with Gasteiger partial charge in [-0.15, -0.1) is 0 Å². The third kappa shape index (κ3) is 2.48. The monoisotopic (exact) mass is 248 g/mol. The predicted octanol–water partition coefficient (Wildman–Crippen LogP) is 1.65. The number of carbonyl (C=O) groups is 1.